The minimum atomic E-state index is -0.521. The van der Waals surface area contributed by atoms with Crippen molar-refractivity contribution in [1.82, 2.24) is 19.9 Å². The van der Waals surface area contributed by atoms with Crippen molar-refractivity contribution in [3.05, 3.63) is 36.5 Å². The fourth-order valence-corrected chi connectivity index (χ4v) is 4.24. The van der Waals surface area contributed by atoms with Gasteiger partial charge in [-0.2, -0.15) is 0 Å². The smallest absolute Gasteiger partial charge is 0.244 e. The summed E-state index contributed by atoms with van der Waals surface area (Å²) in [6.07, 6.45) is 4.54. The second kappa shape index (κ2) is 5.98. The van der Waals surface area contributed by atoms with Crippen molar-refractivity contribution < 1.29 is 9.59 Å². The number of aromatic nitrogens is 3. The van der Waals surface area contributed by atoms with E-state index in [0.717, 1.165) is 30.5 Å². The Morgan fingerprint density at radius 1 is 1.28 bits per heavy atom. The predicted octanol–water partition coefficient (Wildman–Crippen LogP) is 1.06. The molecule has 0 unspecified atom stereocenters. The van der Waals surface area contributed by atoms with E-state index < -0.39 is 5.41 Å². The van der Waals surface area contributed by atoms with Gasteiger partial charge in [0.2, 0.25) is 11.8 Å². The second-order valence-electron chi connectivity index (χ2n) is 7.05. The first-order valence-electron chi connectivity index (χ1n) is 8.62. The molecule has 1 aliphatic heterocycles. The molecule has 0 radical (unpaired) electrons. The van der Waals surface area contributed by atoms with Gasteiger partial charge in [0.1, 0.15) is 12.2 Å². The molecular weight excluding hydrogens is 318 g/mol. The number of benzene rings is 1. The van der Waals surface area contributed by atoms with Gasteiger partial charge in [0.05, 0.1) is 11.6 Å². The van der Waals surface area contributed by atoms with Gasteiger partial charge in [-0.1, -0.05) is 42.0 Å². The molecule has 1 aliphatic carbocycles. The van der Waals surface area contributed by atoms with Crippen LogP contribution in [0.2, 0.25) is 0 Å². The average molecular weight is 339 g/mol. The number of hydrogen-bond donors (Lipinski definition) is 1. The normalized spacial score (nSPS) is 25.1. The predicted molar refractivity (Wildman–Crippen MR) is 91.0 cm³/mol. The molecular formula is C18H21N5O2. The molecule has 2 N–H and O–H groups in total. The molecule has 7 nitrogen and oxygen atoms in total. The molecule has 2 aromatic rings. The molecule has 1 saturated carbocycles. The Bertz CT molecular complexity index is 803. The second-order valence-corrected chi connectivity index (χ2v) is 7.05. The zero-order valence-corrected chi connectivity index (χ0v) is 14.0. The average Bonchev–Trinajstić information content (AvgIpc) is 3.29. The molecule has 2 atom stereocenters. The van der Waals surface area contributed by atoms with Crippen LogP contribution in [-0.4, -0.2) is 44.8 Å². The van der Waals surface area contributed by atoms with Gasteiger partial charge in [0.15, 0.2) is 0 Å². The van der Waals surface area contributed by atoms with E-state index in [2.05, 4.69) is 10.3 Å². The summed E-state index contributed by atoms with van der Waals surface area (Å²) in [5, 5.41) is 8.19. The third-order valence-electron chi connectivity index (χ3n) is 5.62. The summed E-state index contributed by atoms with van der Waals surface area (Å²) >= 11 is 0. The van der Waals surface area contributed by atoms with Gasteiger partial charge in [-0.15, -0.1) is 5.10 Å². The summed E-state index contributed by atoms with van der Waals surface area (Å²) in [4.78, 5) is 26.4. The lowest BCUT2D eigenvalue weighted by atomic mass is 9.80. The Labute approximate surface area is 145 Å². The fraction of sp³-hybridized carbons (Fsp3) is 0.444. The van der Waals surface area contributed by atoms with Crippen molar-refractivity contribution in [2.45, 2.75) is 25.8 Å². The number of amides is 2. The summed E-state index contributed by atoms with van der Waals surface area (Å²) < 4.78 is 1.55. The van der Waals surface area contributed by atoms with Gasteiger partial charge in [0.25, 0.3) is 0 Å². The van der Waals surface area contributed by atoms with Gasteiger partial charge in [-0.05, 0) is 18.8 Å². The quantitative estimate of drug-likeness (QED) is 0.901. The van der Waals surface area contributed by atoms with Crippen molar-refractivity contribution >= 4 is 11.8 Å². The Morgan fingerprint density at radius 2 is 2.08 bits per heavy atom. The lowest BCUT2D eigenvalue weighted by molar-refractivity contribution is -0.132. The number of hydrogen-bond acceptors (Lipinski definition) is 4. The number of fused-ring (bicyclic) bond motifs is 1. The highest BCUT2D eigenvalue weighted by atomic mass is 16.2. The van der Waals surface area contributed by atoms with Crippen LogP contribution >= 0.6 is 0 Å². The molecule has 1 aromatic heterocycles. The van der Waals surface area contributed by atoms with E-state index in [-0.39, 0.29) is 24.3 Å². The van der Waals surface area contributed by atoms with Gasteiger partial charge in [-0.3, -0.25) is 9.59 Å². The van der Waals surface area contributed by atoms with Crippen LogP contribution in [0.5, 0.6) is 0 Å². The minimum Gasteiger partial charge on any atom is -0.369 e. The number of rotatable bonds is 4. The number of carbonyl (C=O) groups excluding carboxylic acids is 2. The van der Waals surface area contributed by atoms with E-state index in [1.54, 1.807) is 15.8 Å². The van der Waals surface area contributed by atoms with Crippen molar-refractivity contribution in [2.75, 3.05) is 13.1 Å². The van der Waals surface area contributed by atoms with E-state index in [1.807, 2.05) is 30.3 Å². The van der Waals surface area contributed by atoms with Crippen LogP contribution in [0.1, 0.15) is 19.3 Å². The Kier molecular flexibility index (Phi) is 3.78. The summed E-state index contributed by atoms with van der Waals surface area (Å²) in [6, 6.07) is 9.72. The number of primary amides is 1. The molecule has 25 heavy (non-hydrogen) atoms. The number of nitrogens with zero attached hydrogens (tertiary/aromatic N) is 4. The summed E-state index contributed by atoms with van der Waals surface area (Å²) in [7, 11) is 0. The first kappa shape index (κ1) is 15.8. The van der Waals surface area contributed by atoms with E-state index in [1.165, 1.54) is 0 Å². The molecule has 130 valence electrons. The van der Waals surface area contributed by atoms with Gasteiger partial charge in [0, 0.05) is 18.7 Å². The lowest BCUT2D eigenvalue weighted by Crippen LogP contribution is -2.42. The van der Waals surface area contributed by atoms with Crippen LogP contribution in [0.4, 0.5) is 0 Å². The van der Waals surface area contributed by atoms with Crippen LogP contribution in [0, 0.1) is 11.3 Å². The number of nitrogens with two attached hydrogens (primary N) is 1. The number of carbonyl (C=O) groups is 2. The Morgan fingerprint density at radius 3 is 2.80 bits per heavy atom. The SMILES string of the molecule is NC(=O)[C@]12CCC[C@H]1CN(C(=O)Cn1cc(-c3ccccc3)nn1)C2. The molecule has 2 heterocycles. The maximum Gasteiger partial charge on any atom is 0.244 e. The molecule has 2 aliphatic rings. The Balaban J connectivity index is 1.45. The molecule has 7 heteroatoms. The van der Waals surface area contributed by atoms with Crippen LogP contribution in [0.3, 0.4) is 0 Å². The van der Waals surface area contributed by atoms with Crippen LogP contribution in [0.25, 0.3) is 11.3 Å². The van der Waals surface area contributed by atoms with Crippen molar-refractivity contribution in [3.8, 4) is 11.3 Å². The molecule has 4 rings (SSSR count). The van der Waals surface area contributed by atoms with Gasteiger partial charge >= 0.3 is 0 Å². The topological polar surface area (TPSA) is 94.1 Å². The summed E-state index contributed by atoms with van der Waals surface area (Å²) in [5.41, 5.74) is 6.83. The van der Waals surface area contributed by atoms with E-state index >= 15 is 0 Å². The monoisotopic (exact) mass is 339 g/mol. The van der Waals surface area contributed by atoms with Crippen LogP contribution in [-0.2, 0) is 16.1 Å². The zero-order valence-electron chi connectivity index (χ0n) is 14.0. The maximum atomic E-state index is 12.6. The highest BCUT2D eigenvalue weighted by molar-refractivity contribution is 5.85. The highest BCUT2D eigenvalue weighted by Gasteiger charge is 2.54. The largest absolute Gasteiger partial charge is 0.369 e. The fourth-order valence-electron chi connectivity index (χ4n) is 4.24. The van der Waals surface area contributed by atoms with Crippen LogP contribution in [0.15, 0.2) is 36.5 Å². The molecule has 0 bridgehead atoms. The molecule has 0 spiro atoms. The summed E-state index contributed by atoms with van der Waals surface area (Å²) in [5.74, 6) is -0.110. The third-order valence-corrected chi connectivity index (χ3v) is 5.62. The first-order valence-corrected chi connectivity index (χ1v) is 8.62. The highest BCUT2D eigenvalue weighted by Crippen LogP contribution is 2.48. The minimum absolute atomic E-state index is 0.0421. The first-order chi connectivity index (χ1) is 12.1. The van der Waals surface area contributed by atoms with Crippen molar-refractivity contribution in [2.24, 2.45) is 17.1 Å². The van der Waals surface area contributed by atoms with Crippen molar-refractivity contribution in [3.63, 3.8) is 0 Å². The van der Waals surface area contributed by atoms with Gasteiger partial charge < -0.3 is 10.6 Å². The number of likely N-dealkylation sites (tertiary alicyclic amines) is 1. The molecule has 2 fully saturated rings. The molecule has 1 aromatic carbocycles. The third kappa shape index (κ3) is 2.69. The zero-order chi connectivity index (χ0) is 17.4. The van der Waals surface area contributed by atoms with Gasteiger partial charge in [-0.25, -0.2) is 4.68 Å². The van der Waals surface area contributed by atoms with Crippen molar-refractivity contribution in [1.29, 1.82) is 0 Å². The molecule has 1 saturated heterocycles. The molecule has 2 amide bonds. The Hall–Kier alpha value is -2.70. The summed E-state index contributed by atoms with van der Waals surface area (Å²) in [6.45, 7) is 1.18. The van der Waals surface area contributed by atoms with Crippen LogP contribution < -0.4 is 5.73 Å². The van der Waals surface area contributed by atoms with E-state index in [0.29, 0.717) is 13.1 Å². The maximum absolute atomic E-state index is 12.6. The lowest BCUT2D eigenvalue weighted by Gasteiger charge is -2.24. The van der Waals surface area contributed by atoms with E-state index in [4.69, 9.17) is 5.73 Å². The standard InChI is InChI=1S/C18H21N5O2/c19-17(25)18-8-4-7-14(18)9-22(12-18)16(24)11-23-10-15(20-21-23)13-5-2-1-3-6-13/h1-3,5-6,10,14H,4,7-9,11-12H2,(H2,19,25)/t14-,18-/m0/s1. The van der Waals surface area contributed by atoms with E-state index in [9.17, 15) is 9.59 Å².